The van der Waals surface area contributed by atoms with Crippen molar-refractivity contribution in [1.82, 2.24) is 25.2 Å². The molecule has 3 fully saturated rings. The fourth-order valence-corrected chi connectivity index (χ4v) is 8.18. The number of pyridine rings is 1. The molecule has 2 aromatic rings. The summed E-state index contributed by atoms with van der Waals surface area (Å²) < 4.78 is 39.3. The van der Waals surface area contributed by atoms with E-state index in [0.29, 0.717) is 38.0 Å². The van der Waals surface area contributed by atoms with Gasteiger partial charge in [0.25, 0.3) is 5.91 Å². The highest BCUT2D eigenvalue weighted by Crippen LogP contribution is 2.45. The summed E-state index contributed by atoms with van der Waals surface area (Å²) in [5.41, 5.74) is -0.407. The number of benzene rings is 1. The van der Waals surface area contributed by atoms with Gasteiger partial charge in [0.2, 0.25) is 27.7 Å². The zero-order valence-electron chi connectivity index (χ0n) is 27.8. The first kappa shape index (κ1) is 34.7. The van der Waals surface area contributed by atoms with Crippen LogP contribution in [0.15, 0.2) is 43.1 Å². The molecule has 49 heavy (non-hydrogen) atoms. The van der Waals surface area contributed by atoms with Crippen molar-refractivity contribution >= 4 is 44.6 Å². The smallest absolute Gasteiger partial charge is 0.407 e. The fraction of sp³-hybridized carbons (Fsp3) is 0.571. The summed E-state index contributed by atoms with van der Waals surface area (Å²) in [6.45, 7) is 5.98. The number of aryl methyl sites for hydroxylation is 1. The summed E-state index contributed by atoms with van der Waals surface area (Å²) in [6, 6.07) is 6.00. The molecule has 0 radical (unpaired) electrons. The number of unbranched alkanes of at least 4 members (excludes halogenated alkanes) is 1. The van der Waals surface area contributed by atoms with E-state index < -0.39 is 68.7 Å². The molecule has 2 saturated carbocycles. The Kier molecular flexibility index (Phi) is 10.1. The first-order valence-corrected chi connectivity index (χ1v) is 18.9. The number of cyclic esters (lactones) is 1. The molecule has 3 N–H and O–H groups in total. The van der Waals surface area contributed by atoms with Gasteiger partial charge in [0.15, 0.2) is 0 Å². The van der Waals surface area contributed by atoms with Crippen molar-refractivity contribution in [1.29, 1.82) is 0 Å². The molecule has 0 unspecified atom stereocenters. The van der Waals surface area contributed by atoms with Crippen LogP contribution < -0.4 is 20.1 Å². The number of ether oxygens (including phenoxy) is 2. The van der Waals surface area contributed by atoms with E-state index in [-0.39, 0.29) is 26.0 Å². The van der Waals surface area contributed by atoms with Gasteiger partial charge in [0.1, 0.15) is 23.7 Å². The van der Waals surface area contributed by atoms with Crippen LogP contribution >= 0.6 is 0 Å². The quantitative estimate of drug-likeness (QED) is 0.333. The molecule has 2 aliphatic heterocycles. The molecule has 3 heterocycles. The molecule has 1 aromatic heterocycles. The van der Waals surface area contributed by atoms with Crippen LogP contribution in [0.1, 0.15) is 76.7 Å². The highest BCUT2D eigenvalue weighted by Gasteiger charge is 2.62. The lowest BCUT2D eigenvalue weighted by Gasteiger charge is -2.29. The minimum atomic E-state index is -3.87. The first-order valence-electron chi connectivity index (χ1n) is 17.3. The molecular weight excluding hydrogens is 650 g/mol. The maximum absolute atomic E-state index is 14.2. The van der Waals surface area contributed by atoms with Gasteiger partial charge in [-0.25, -0.2) is 18.2 Å². The molecule has 6 rings (SSSR count). The normalized spacial score (nSPS) is 27.7. The molecule has 13 nitrogen and oxygen atoms in total. The van der Waals surface area contributed by atoms with Crippen molar-refractivity contribution in [3.8, 4) is 5.88 Å². The Labute approximate surface area is 286 Å². The average Bonchev–Trinajstić information content (AvgIpc) is 4.01. The second-order valence-electron chi connectivity index (χ2n) is 13.6. The number of fused-ring (bicyclic) bond motifs is 3. The number of rotatable bonds is 9. The van der Waals surface area contributed by atoms with Crippen LogP contribution in [0.5, 0.6) is 5.88 Å². The monoisotopic (exact) mass is 695 g/mol. The van der Waals surface area contributed by atoms with Crippen LogP contribution in [0.3, 0.4) is 0 Å². The highest BCUT2D eigenvalue weighted by molar-refractivity contribution is 7.91. The minimum Gasteiger partial charge on any atom is -0.472 e. The van der Waals surface area contributed by atoms with Crippen LogP contribution in [0.2, 0.25) is 0 Å². The Morgan fingerprint density at radius 2 is 2.00 bits per heavy atom. The second kappa shape index (κ2) is 14.3. The highest BCUT2D eigenvalue weighted by atomic mass is 32.2. The Morgan fingerprint density at radius 1 is 1.18 bits per heavy atom. The zero-order chi connectivity index (χ0) is 34.8. The van der Waals surface area contributed by atoms with Gasteiger partial charge in [-0.1, -0.05) is 38.0 Å². The number of alkyl carbamates (subject to hydrolysis) is 1. The molecule has 4 bridgehead atoms. The molecule has 1 aromatic carbocycles. The Morgan fingerprint density at radius 3 is 2.73 bits per heavy atom. The van der Waals surface area contributed by atoms with E-state index in [1.54, 1.807) is 6.20 Å². The number of hydrogen-bond acceptors (Lipinski definition) is 9. The molecular formula is C35H45N5O8S. The topological polar surface area (TPSA) is 173 Å². The molecule has 0 spiro atoms. The zero-order valence-corrected chi connectivity index (χ0v) is 28.6. The number of aromatic nitrogens is 1. The molecule has 14 heteroatoms. The van der Waals surface area contributed by atoms with Gasteiger partial charge in [-0.15, -0.1) is 6.58 Å². The maximum Gasteiger partial charge on any atom is 0.407 e. The van der Waals surface area contributed by atoms with Gasteiger partial charge >= 0.3 is 6.09 Å². The Bertz CT molecular complexity index is 1730. The molecule has 2 aliphatic carbocycles. The van der Waals surface area contributed by atoms with Crippen LogP contribution in [-0.4, -0.2) is 84.2 Å². The molecule has 5 atom stereocenters. The van der Waals surface area contributed by atoms with Crippen molar-refractivity contribution in [2.45, 2.75) is 107 Å². The van der Waals surface area contributed by atoms with E-state index in [1.165, 1.54) is 11.0 Å². The van der Waals surface area contributed by atoms with Gasteiger partial charge in [-0.3, -0.25) is 19.1 Å². The second-order valence-corrected chi connectivity index (χ2v) is 15.6. The van der Waals surface area contributed by atoms with Crippen molar-refractivity contribution in [3.63, 3.8) is 0 Å². The summed E-state index contributed by atoms with van der Waals surface area (Å²) in [6.07, 6.45) is 8.02. The van der Waals surface area contributed by atoms with Gasteiger partial charge in [-0.2, -0.15) is 0 Å². The Hall–Kier alpha value is -4.20. The SMILES string of the molecule is C=C[C@H]1C[C@]1(NC(=O)[C@@H]1C[C@@H]2CN1C(=O)[C@H](CCCC)NC(=O)OCCCCCc1ccc3ccnc(c3c1)O2)C(=O)NS(=O)(=O)C1CC1. The fourth-order valence-electron chi connectivity index (χ4n) is 6.81. The molecule has 264 valence electrons. The largest absolute Gasteiger partial charge is 0.472 e. The van der Waals surface area contributed by atoms with Crippen molar-refractivity contribution in [3.05, 3.63) is 48.7 Å². The molecule has 4 aliphatic rings. The summed E-state index contributed by atoms with van der Waals surface area (Å²) in [5, 5.41) is 6.67. The number of nitrogens with one attached hydrogen (secondary N) is 3. The number of sulfonamides is 1. The van der Waals surface area contributed by atoms with Crippen LogP contribution in [0, 0.1) is 5.92 Å². The third-order valence-electron chi connectivity index (χ3n) is 9.95. The predicted molar refractivity (Wildman–Crippen MR) is 181 cm³/mol. The minimum absolute atomic E-state index is 0.0220. The lowest BCUT2D eigenvalue weighted by Crippen LogP contribution is -2.58. The Balaban J connectivity index is 1.30. The third-order valence-corrected chi connectivity index (χ3v) is 11.8. The summed E-state index contributed by atoms with van der Waals surface area (Å²) >= 11 is 0. The first-order chi connectivity index (χ1) is 23.5. The molecule has 4 amide bonds. The van der Waals surface area contributed by atoms with E-state index in [2.05, 4.69) is 33.0 Å². The number of amides is 4. The van der Waals surface area contributed by atoms with E-state index in [1.807, 2.05) is 25.1 Å². The van der Waals surface area contributed by atoms with Crippen LogP contribution in [0.4, 0.5) is 4.79 Å². The van der Waals surface area contributed by atoms with Crippen molar-refractivity contribution < 1.29 is 37.1 Å². The standard InChI is InChI=1S/C35H45N5O8S/c1-3-5-10-28-32(42)40-21-25(19-29(40)30(41)38-35(20-24(35)4-2)33(43)39-49(45,46)26-13-14-26)48-31-27-18-22(11-12-23(27)15-16-36-31)9-7-6-8-17-47-34(44)37-28/h4,11-12,15-16,18,24-26,28-29H,2-3,5-10,13-14,17,19-21H2,1H3,(H,37,44)(H,38,41)(H,39,43)/t24-,25+,28-,29-,35+/m0/s1. The van der Waals surface area contributed by atoms with Gasteiger partial charge in [0, 0.05) is 23.9 Å². The lowest BCUT2D eigenvalue weighted by molar-refractivity contribution is -0.141. The summed E-state index contributed by atoms with van der Waals surface area (Å²) in [7, 11) is -3.87. The van der Waals surface area contributed by atoms with E-state index in [4.69, 9.17) is 9.47 Å². The van der Waals surface area contributed by atoms with Crippen molar-refractivity contribution in [2.75, 3.05) is 13.2 Å². The predicted octanol–water partition coefficient (Wildman–Crippen LogP) is 3.26. The third kappa shape index (κ3) is 7.68. The summed E-state index contributed by atoms with van der Waals surface area (Å²) in [4.78, 5) is 60.5. The number of carbonyl (C=O) groups excluding carboxylic acids is 4. The van der Waals surface area contributed by atoms with E-state index >= 15 is 0 Å². The van der Waals surface area contributed by atoms with Crippen LogP contribution in [0.25, 0.3) is 10.8 Å². The van der Waals surface area contributed by atoms with Gasteiger partial charge in [0.05, 0.1) is 18.4 Å². The van der Waals surface area contributed by atoms with Gasteiger partial charge in [-0.05, 0) is 74.4 Å². The molecule has 1 saturated heterocycles. The summed E-state index contributed by atoms with van der Waals surface area (Å²) in [5.74, 6) is -2.03. The lowest BCUT2D eigenvalue weighted by atomic mass is 10.0. The average molecular weight is 696 g/mol. The number of carbonyl (C=O) groups is 4. The maximum atomic E-state index is 14.2. The van der Waals surface area contributed by atoms with Crippen LogP contribution in [-0.2, 0) is 35.6 Å². The van der Waals surface area contributed by atoms with E-state index in [0.717, 1.165) is 42.0 Å². The van der Waals surface area contributed by atoms with Crippen molar-refractivity contribution in [2.24, 2.45) is 5.92 Å². The number of hydrogen-bond donors (Lipinski definition) is 3. The van der Waals surface area contributed by atoms with E-state index in [9.17, 15) is 27.6 Å². The number of nitrogens with zero attached hydrogens (tertiary/aromatic N) is 2. The van der Waals surface area contributed by atoms with Gasteiger partial charge < -0.3 is 25.0 Å².